The number of aryl methyl sites for hydroxylation is 1. The number of nitrogens with one attached hydrogen (secondary N) is 2. The molecule has 0 unspecified atom stereocenters. The van der Waals surface area contributed by atoms with E-state index in [0.717, 1.165) is 10.4 Å². The molecule has 0 aliphatic heterocycles. The predicted molar refractivity (Wildman–Crippen MR) is 133 cm³/mol. The number of anilines is 2. The van der Waals surface area contributed by atoms with Gasteiger partial charge in [-0.3, -0.25) is 9.59 Å². The first-order chi connectivity index (χ1) is 16.4. The summed E-state index contributed by atoms with van der Waals surface area (Å²) in [5.74, 6) is 0.918. The van der Waals surface area contributed by atoms with Crippen molar-refractivity contribution < 1.29 is 28.5 Å². The third kappa shape index (κ3) is 4.94. The van der Waals surface area contributed by atoms with Gasteiger partial charge >= 0.3 is 0 Å². The molecular formula is C25H28N2O6S. The largest absolute Gasteiger partial charge is 0.496 e. The molecule has 34 heavy (non-hydrogen) atoms. The summed E-state index contributed by atoms with van der Waals surface area (Å²) in [5.41, 5.74) is 2.08. The average Bonchev–Trinajstić information content (AvgIpc) is 3.17. The second kappa shape index (κ2) is 10.9. The number of ether oxygens (including phenoxy) is 4. The molecule has 2 aromatic carbocycles. The molecule has 0 fully saturated rings. The lowest BCUT2D eigenvalue weighted by molar-refractivity contribution is 0.102. The molecule has 1 heterocycles. The SMILES string of the molecule is CCc1c(C)sc(NC(=O)c2cc(OC)c(OC)cc2OC)c1C(=O)Nc1ccccc1OC. The van der Waals surface area contributed by atoms with Crippen LogP contribution in [0.15, 0.2) is 36.4 Å². The van der Waals surface area contributed by atoms with Crippen LogP contribution in [0.1, 0.15) is 38.1 Å². The number of methoxy groups -OCH3 is 4. The molecular weight excluding hydrogens is 456 g/mol. The van der Waals surface area contributed by atoms with Gasteiger partial charge in [0.2, 0.25) is 0 Å². The van der Waals surface area contributed by atoms with E-state index in [1.807, 2.05) is 26.0 Å². The molecule has 0 saturated heterocycles. The summed E-state index contributed by atoms with van der Waals surface area (Å²) in [6.45, 7) is 3.90. The van der Waals surface area contributed by atoms with E-state index in [9.17, 15) is 9.59 Å². The van der Waals surface area contributed by atoms with Crippen LogP contribution in [0.4, 0.5) is 10.7 Å². The Bertz CT molecular complexity index is 1200. The molecule has 0 aliphatic carbocycles. The maximum Gasteiger partial charge on any atom is 0.260 e. The lowest BCUT2D eigenvalue weighted by Gasteiger charge is -2.15. The van der Waals surface area contributed by atoms with Crippen molar-refractivity contribution in [3.05, 3.63) is 58.0 Å². The summed E-state index contributed by atoms with van der Waals surface area (Å²) in [6.07, 6.45) is 0.632. The third-order valence-corrected chi connectivity index (χ3v) is 6.39. The van der Waals surface area contributed by atoms with E-state index in [0.29, 0.717) is 45.7 Å². The first kappa shape index (κ1) is 24.9. The van der Waals surface area contributed by atoms with E-state index in [-0.39, 0.29) is 11.5 Å². The van der Waals surface area contributed by atoms with Crippen molar-refractivity contribution in [1.29, 1.82) is 0 Å². The topological polar surface area (TPSA) is 95.1 Å². The van der Waals surface area contributed by atoms with Crippen LogP contribution in [0, 0.1) is 6.92 Å². The lowest BCUT2D eigenvalue weighted by atomic mass is 10.1. The maximum atomic E-state index is 13.3. The van der Waals surface area contributed by atoms with Crippen molar-refractivity contribution in [1.82, 2.24) is 0 Å². The van der Waals surface area contributed by atoms with Gasteiger partial charge in [-0.2, -0.15) is 0 Å². The first-order valence-electron chi connectivity index (χ1n) is 10.6. The minimum atomic E-state index is -0.437. The Morgan fingerprint density at radius 2 is 1.44 bits per heavy atom. The van der Waals surface area contributed by atoms with Crippen molar-refractivity contribution in [3.8, 4) is 23.0 Å². The van der Waals surface area contributed by atoms with E-state index in [1.165, 1.54) is 32.7 Å². The number of carbonyl (C=O) groups is 2. The van der Waals surface area contributed by atoms with Crippen molar-refractivity contribution >= 4 is 33.8 Å². The number of thiophene rings is 1. The van der Waals surface area contributed by atoms with Crippen LogP contribution in [0.25, 0.3) is 0 Å². The van der Waals surface area contributed by atoms with Gasteiger partial charge in [0.05, 0.1) is 45.3 Å². The van der Waals surface area contributed by atoms with Crippen molar-refractivity contribution in [2.45, 2.75) is 20.3 Å². The zero-order chi connectivity index (χ0) is 24.8. The summed E-state index contributed by atoms with van der Waals surface area (Å²) in [6, 6.07) is 10.3. The number of para-hydroxylation sites is 2. The molecule has 0 radical (unpaired) electrons. The van der Waals surface area contributed by atoms with Gasteiger partial charge in [0, 0.05) is 17.0 Å². The molecule has 0 spiro atoms. The molecule has 8 nitrogen and oxygen atoms in total. The van der Waals surface area contributed by atoms with E-state index in [1.54, 1.807) is 31.4 Å². The molecule has 3 rings (SSSR count). The van der Waals surface area contributed by atoms with E-state index < -0.39 is 5.91 Å². The van der Waals surface area contributed by atoms with Crippen LogP contribution in [0.5, 0.6) is 23.0 Å². The number of carbonyl (C=O) groups excluding carboxylic acids is 2. The summed E-state index contributed by atoms with van der Waals surface area (Å²) >= 11 is 1.35. The molecule has 0 aliphatic rings. The molecule has 3 aromatic rings. The van der Waals surface area contributed by atoms with Gasteiger partial charge in [-0.1, -0.05) is 19.1 Å². The fourth-order valence-corrected chi connectivity index (χ4v) is 4.78. The molecule has 1 aromatic heterocycles. The second-order valence-corrected chi connectivity index (χ2v) is 8.44. The predicted octanol–water partition coefficient (Wildman–Crippen LogP) is 5.16. The number of rotatable bonds is 9. The summed E-state index contributed by atoms with van der Waals surface area (Å²) in [7, 11) is 6.00. The monoisotopic (exact) mass is 484 g/mol. The lowest BCUT2D eigenvalue weighted by Crippen LogP contribution is -2.19. The Balaban J connectivity index is 1.99. The van der Waals surface area contributed by atoms with E-state index in [4.69, 9.17) is 18.9 Å². The van der Waals surface area contributed by atoms with Crippen LogP contribution < -0.4 is 29.6 Å². The Hall–Kier alpha value is -3.72. The molecule has 2 N–H and O–H groups in total. The molecule has 0 saturated carbocycles. The normalized spacial score (nSPS) is 10.4. The number of hydrogen-bond acceptors (Lipinski definition) is 7. The van der Waals surface area contributed by atoms with Crippen molar-refractivity contribution in [3.63, 3.8) is 0 Å². The van der Waals surface area contributed by atoms with E-state index in [2.05, 4.69) is 10.6 Å². The van der Waals surface area contributed by atoms with Gasteiger partial charge < -0.3 is 29.6 Å². The summed E-state index contributed by atoms with van der Waals surface area (Å²) < 4.78 is 21.4. The molecule has 0 atom stereocenters. The maximum absolute atomic E-state index is 13.3. The average molecular weight is 485 g/mol. The van der Waals surface area contributed by atoms with Gasteiger partial charge in [0.25, 0.3) is 11.8 Å². The smallest absolute Gasteiger partial charge is 0.260 e. The Labute approximate surface area is 202 Å². The molecule has 9 heteroatoms. The van der Waals surface area contributed by atoms with Crippen LogP contribution in [-0.2, 0) is 6.42 Å². The Morgan fingerprint density at radius 3 is 2.06 bits per heavy atom. The highest BCUT2D eigenvalue weighted by atomic mass is 32.1. The summed E-state index contributed by atoms with van der Waals surface area (Å²) in [5, 5.41) is 6.25. The molecule has 0 bridgehead atoms. The van der Waals surface area contributed by atoms with Crippen LogP contribution in [0.2, 0.25) is 0 Å². The van der Waals surface area contributed by atoms with Crippen LogP contribution in [0.3, 0.4) is 0 Å². The van der Waals surface area contributed by atoms with Gasteiger partial charge in [0.15, 0.2) is 11.5 Å². The van der Waals surface area contributed by atoms with Gasteiger partial charge in [-0.05, 0) is 31.0 Å². The Kier molecular flexibility index (Phi) is 8.01. The number of amides is 2. The highest BCUT2D eigenvalue weighted by Crippen LogP contribution is 2.38. The van der Waals surface area contributed by atoms with Gasteiger partial charge in [-0.25, -0.2) is 0 Å². The van der Waals surface area contributed by atoms with Gasteiger partial charge in [0.1, 0.15) is 16.5 Å². The number of hydrogen-bond donors (Lipinski definition) is 2. The standard InChI is InChI=1S/C25H28N2O6S/c1-7-15-14(2)34-25(22(15)24(29)26-17-10-8-9-11-18(17)30-3)27-23(28)16-12-20(32-5)21(33-6)13-19(16)31-4/h8-13H,7H2,1-6H3,(H,26,29)(H,27,28). The Morgan fingerprint density at radius 1 is 0.824 bits per heavy atom. The first-order valence-corrected chi connectivity index (χ1v) is 11.4. The highest BCUT2D eigenvalue weighted by molar-refractivity contribution is 7.17. The van der Waals surface area contributed by atoms with E-state index >= 15 is 0 Å². The minimum absolute atomic E-state index is 0.250. The van der Waals surface area contributed by atoms with Crippen molar-refractivity contribution in [2.75, 3.05) is 39.1 Å². The zero-order valence-electron chi connectivity index (χ0n) is 20.0. The van der Waals surface area contributed by atoms with Crippen LogP contribution >= 0.6 is 11.3 Å². The van der Waals surface area contributed by atoms with Crippen molar-refractivity contribution in [2.24, 2.45) is 0 Å². The highest BCUT2D eigenvalue weighted by Gasteiger charge is 2.25. The minimum Gasteiger partial charge on any atom is -0.496 e. The van der Waals surface area contributed by atoms with Gasteiger partial charge in [-0.15, -0.1) is 11.3 Å². The fourth-order valence-electron chi connectivity index (χ4n) is 3.64. The number of benzene rings is 2. The quantitative estimate of drug-likeness (QED) is 0.436. The second-order valence-electron chi connectivity index (χ2n) is 7.21. The summed E-state index contributed by atoms with van der Waals surface area (Å²) in [4.78, 5) is 27.6. The third-order valence-electron chi connectivity index (χ3n) is 5.32. The van der Waals surface area contributed by atoms with Crippen LogP contribution in [-0.4, -0.2) is 40.3 Å². The fraction of sp³-hybridized carbons (Fsp3) is 0.280. The molecule has 180 valence electrons. The molecule has 2 amide bonds. The zero-order valence-corrected chi connectivity index (χ0v) is 20.8.